The summed E-state index contributed by atoms with van der Waals surface area (Å²) in [7, 11) is -0.377. The quantitative estimate of drug-likeness (QED) is 0.226. The normalized spacial score (nSPS) is 13.9. The van der Waals surface area contributed by atoms with Crippen molar-refractivity contribution in [2.75, 3.05) is 52.3 Å². The minimum Gasteiger partial charge on any atom is -0.493 e. The fourth-order valence-electron chi connectivity index (χ4n) is 5.49. The smallest absolute Gasteiger partial charge is 0.255 e. The first-order valence-electron chi connectivity index (χ1n) is 15.5. The molecule has 1 heterocycles. The number of benzene rings is 4. The molecule has 10 nitrogen and oxygen atoms in total. The summed E-state index contributed by atoms with van der Waals surface area (Å²) < 4.78 is 38.3. The highest BCUT2D eigenvalue weighted by Crippen LogP contribution is 2.27. The van der Waals surface area contributed by atoms with Crippen LogP contribution in [-0.4, -0.2) is 76.4 Å². The summed E-state index contributed by atoms with van der Waals surface area (Å²) in [6.07, 6.45) is 0.588. The minimum atomic E-state index is -3.54. The fraction of sp³-hybridized carbons (Fsp3) is 0.278. The number of rotatable bonds is 12. The van der Waals surface area contributed by atoms with Crippen LogP contribution in [0.1, 0.15) is 37.4 Å². The van der Waals surface area contributed by atoms with Crippen molar-refractivity contribution in [3.8, 4) is 11.5 Å². The molecule has 4 aromatic rings. The van der Waals surface area contributed by atoms with E-state index in [2.05, 4.69) is 15.5 Å². The number of amides is 2. The molecular formula is C36H40N4O6S. The highest BCUT2D eigenvalue weighted by molar-refractivity contribution is 7.89. The number of hydrogen-bond donors (Lipinski definition) is 2. The molecule has 0 atom stereocenters. The third-order valence-corrected chi connectivity index (χ3v) is 10.1. The molecule has 47 heavy (non-hydrogen) atoms. The Balaban J connectivity index is 1.16. The van der Waals surface area contributed by atoms with Gasteiger partial charge in [0.15, 0.2) is 11.5 Å². The molecule has 2 amide bonds. The third kappa shape index (κ3) is 8.37. The van der Waals surface area contributed by atoms with E-state index in [0.29, 0.717) is 78.9 Å². The van der Waals surface area contributed by atoms with Crippen molar-refractivity contribution in [2.45, 2.75) is 24.8 Å². The molecule has 0 bridgehead atoms. The molecule has 1 aliphatic rings. The highest BCUT2D eigenvalue weighted by Gasteiger charge is 2.28. The van der Waals surface area contributed by atoms with Gasteiger partial charge in [0.2, 0.25) is 10.0 Å². The largest absolute Gasteiger partial charge is 0.493 e. The Bertz CT molecular complexity index is 1820. The maximum atomic E-state index is 13.3. The monoisotopic (exact) mass is 656 g/mol. The first-order chi connectivity index (χ1) is 22.7. The maximum Gasteiger partial charge on any atom is 0.255 e. The van der Waals surface area contributed by atoms with Crippen LogP contribution >= 0.6 is 0 Å². The first kappa shape index (κ1) is 33.6. The Hall–Kier alpha value is -4.71. The average Bonchev–Trinajstić information content (AvgIpc) is 3.09. The van der Waals surface area contributed by atoms with E-state index in [4.69, 9.17) is 9.47 Å². The molecule has 1 aliphatic heterocycles. The second-order valence-corrected chi connectivity index (χ2v) is 13.3. The summed E-state index contributed by atoms with van der Waals surface area (Å²) in [5.74, 6) is 0.644. The number of carbonyl (C=O) groups excluding carboxylic acids is 2. The van der Waals surface area contributed by atoms with Crippen molar-refractivity contribution in [3.05, 3.63) is 119 Å². The van der Waals surface area contributed by atoms with Gasteiger partial charge in [-0.2, -0.15) is 4.31 Å². The molecule has 11 heteroatoms. The summed E-state index contributed by atoms with van der Waals surface area (Å²) in [6.45, 7) is 4.85. The molecule has 0 saturated carbocycles. The molecule has 0 spiro atoms. The molecule has 0 aliphatic carbocycles. The minimum absolute atomic E-state index is 0.293. The highest BCUT2D eigenvalue weighted by atomic mass is 32.2. The van der Waals surface area contributed by atoms with Crippen molar-refractivity contribution in [1.29, 1.82) is 0 Å². The summed E-state index contributed by atoms with van der Waals surface area (Å²) in [4.78, 5) is 28.9. The van der Waals surface area contributed by atoms with Crippen LogP contribution in [0.3, 0.4) is 0 Å². The van der Waals surface area contributed by atoms with E-state index in [-0.39, 0.29) is 11.8 Å². The molecule has 0 unspecified atom stereocenters. The van der Waals surface area contributed by atoms with Gasteiger partial charge in [-0.3, -0.25) is 14.5 Å². The summed E-state index contributed by atoms with van der Waals surface area (Å²) in [5, 5.41) is 5.84. The molecule has 4 aromatic carbocycles. The lowest BCUT2D eigenvalue weighted by molar-refractivity contribution is 0.0955. The van der Waals surface area contributed by atoms with Crippen LogP contribution in [-0.2, 0) is 23.0 Å². The Morgan fingerprint density at radius 3 is 2.21 bits per heavy atom. The number of piperazine rings is 1. The zero-order valence-corrected chi connectivity index (χ0v) is 27.7. The van der Waals surface area contributed by atoms with Gasteiger partial charge in [0.1, 0.15) is 0 Å². The van der Waals surface area contributed by atoms with Crippen LogP contribution < -0.4 is 20.1 Å². The third-order valence-electron chi connectivity index (χ3n) is 8.15. The maximum absolute atomic E-state index is 13.3. The van der Waals surface area contributed by atoms with Crippen molar-refractivity contribution in [2.24, 2.45) is 0 Å². The van der Waals surface area contributed by atoms with Crippen LogP contribution in [0.2, 0.25) is 0 Å². The predicted octanol–water partition coefficient (Wildman–Crippen LogP) is 4.74. The molecule has 0 radical (unpaired) electrons. The number of carbonyl (C=O) groups is 2. The fourth-order valence-corrected chi connectivity index (χ4v) is 6.91. The van der Waals surface area contributed by atoms with Crippen molar-refractivity contribution in [3.63, 3.8) is 0 Å². The lowest BCUT2D eigenvalue weighted by atomic mass is 10.1. The predicted molar refractivity (Wildman–Crippen MR) is 182 cm³/mol. The van der Waals surface area contributed by atoms with Crippen molar-refractivity contribution < 1.29 is 27.5 Å². The van der Waals surface area contributed by atoms with Gasteiger partial charge in [0.05, 0.1) is 30.4 Å². The molecular weight excluding hydrogens is 616 g/mol. The van der Waals surface area contributed by atoms with Gasteiger partial charge in [-0.05, 0) is 73.0 Å². The molecule has 1 saturated heterocycles. The van der Waals surface area contributed by atoms with Gasteiger partial charge in [0, 0.05) is 44.8 Å². The molecule has 0 aromatic heterocycles. The second kappa shape index (κ2) is 15.3. The van der Waals surface area contributed by atoms with Crippen LogP contribution in [0, 0.1) is 6.92 Å². The van der Waals surface area contributed by atoms with Crippen molar-refractivity contribution >= 4 is 27.5 Å². The number of sulfonamides is 1. The van der Waals surface area contributed by atoms with Gasteiger partial charge in [-0.1, -0.05) is 48.0 Å². The molecule has 5 rings (SSSR count). The van der Waals surface area contributed by atoms with E-state index in [9.17, 15) is 18.0 Å². The van der Waals surface area contributed by atoms with E-state index < -0.39 is 10.0 Å². The van der Waals surface area contributed by atoms with E-state index in [1.165, 1.54) is 4.31 Å². The Morgan fingerprint density at radius 1 is 0.766 bits per heavy atom. The number of anilines is 1. The number of aryl methyl sites for hydroxylation is 1. The van der Waals surface area contributed by atoms with Gasteiger partial charge in [-0.25, -0.2) is 8.42 Å². The van der Waals surface area contributed by atoms with Gasteiger partial charge < -0.3 is 20.1 Å². The number of ether oxygens (including phenoxy) is 2. The molecule has 1 fully saturated rings. The number of methoxy groups -OCH3 is 2. The van der Waals surface area contributed by atoms with E-state index in [0.717, 1.165) is 16.7 Å². The van der Waals surface area contributed by atoms with Crippen molar-refractivity contribution in [1.82, 2.24) is 14.5 Å². The SMILES string of the molecule is COc1ccc(CCNC(=O)c2ccccc2NC(=O)c2cccc(CN3CCN(S(=O)(=O)c4ccc(C)cc4)CC3)c2)cc1OC. The van der Waals surface area contributed by atoms with Crippen LogP contribution in [0.5, 0.6) is 11.5 Å². The molecule has 246 valence electrons. The average molecular weight is 657 g/mol. The molecule has 2 N–H and O–H groups in total. The van der Waals surface area contributed by atoms with Gasteiger partial charge >= 0.3 is 0 Å². The first-order valence-corrected chi connectivity index (χ1v) is 16.9. The lowest BCUT2D eigenvalue weighted by Crippen LogP contribution is -2.48. The second-order valence-electron chi connectivity index (χ2n) is 11.4. The number of nitrogens with one attached hydrogen (secondary N) is 2. The lowest BCUT2D eigenvalue weighted by Gasteiger charge is -2.34. The zero-order chi connectivity index (χ0) is 33.4. The summed E-state index contributed by atoms with van der Waals surface area (Å²) in [5.41, 5.74) is 4.18. The zero-order valence-electron chi connectivity index (χ0n) is 26.9. The summed E-state index contributed by atoms with van der Waals surface area (Å²) in [6, 6.07) is 26.8. The van der Waals surface area contributed by atoms with Crippen LogP contribution in [0.15, 0.2) is 95.9 Å². The summed E-state index contributed by atoms with van der Waals surface area (Å²) >= 11 is 0. The van der Waals surface area contributed by atoms with Gasteiger partial charge in [-0.15, -0.1) is 0 Å². The van der Waals surface area contributed by atoms with Crippen LogP contribution in [0.25, 0.3) is 0 Å². The van der Waals surface area contributed by atoms with E-state index in [1.807, 2.05) is 55.5 Å². The topological polar surface area (TPSA) is 117 Å². The van der Waals surface area contributed by atoms with Gasteiger partial charge in [0.25, 0.3) is 11.8 Å². The number of nitrogens with zero attached hydrogens (tertiary/aromatic N) is 2. The van der Waals surface area contributed by atoms with E-state index in [1.54, 1.807) is 56.7 Å². The Labute approximate surface area is 276 Å². The van der Waals surface area contributed by atoms with Crippen LogP contribution in [0.4, 0.5) is 5.69 Å². The standard InChI is InChI=1S/C36H40N4O6S/c1-26-11-14-30(15-12-26)47(43,44)40-21-19-39(20-22-40)25-28-7-6-8-29(23-28)35(41)38-32-10-5-4-9-31(32)36(42)37-18-17-27-13-16-33(45-2)34(24-27)46-3/h4-16,23-24H,17-22,25H2,1-3H3,(H,37,42)(H,38,41). The van der Waals surface area contributed by atoms with E-state index >= 15 is 0 Å². The Morgan fingerprint density at radius 2 is 1.49 bits per heavy atom. The number of hydrogen-bond acceptors (Lipinski definition) is 7. The Kier molecular flexibility index (Phi) is 10.9. The number of para-hydroxylation sites is 1.